The van der Waals surface area contributed by atoms with Crippen LogP contribution in [-0.2, 0) is 4.79 Å². The first kappa shape index (κ1) is 14.8. The number of hydrogen-bond acceptors (Lipinski definition) is 4. The third kappa shape index (κ3) is 4.52. The largest absolute Gasteiger partial charge is 0.409 e. The van der Waals surface area contributed by atoms with Crippen LogP contribution in [0.2, 0.25) is 0 Å². The first-order valence-electron chi connectivity index (χ1n) is 6.56. The zero-order chi connectivity index (χ0) is 13.5. The van der Waals surface area contributed by atoms with E-state index in [0.717, 1.165) is 32.4 Å². The maximum Gasteiger partial charge on any atom is 0.223 e. The molecular weight excluding hydrogens is 232 g/mol. The molecule has 1 atom stereocenters. The molecule has 6 nitrogen and oxygen atoms in total. The Kier molecular flexibility index (Phi) is 5.91. The zero-order valence-corrected chi connectivity index (χ0v) is 11.2. The molecule has 4 N–H and O–H groups in total. The molecule has 6 heteroatoms. The number of amidine groups is 1. The van der Waals surface area contributed by atoms with Gasteiger partial charge in [0.1, 0.15) is 0 Å². The van der Waals surface area contributed by atoms with Crippen molar-refractivity contribution in [3.8, 4) is 0 Å². The van der Waals surface area contributed by atoms with E-state index in [4.69, 9.17) is 10.9 Å². The van der Waals surface area contributed by atoms with Crippen LogP contribution in [0.1, 0.15) is 33.1 Å². The molecule has 0 aromatic heterocycles. The molecule has 1 saturated heterocycles. The van der Waals surface area contributed by atoms with Crippen LogP contribution < -0.4 is 11.1 Å². The van der Waals surface area contributed by atoms with Crippen molar-refractivity contribution in [3.63, 3.8) is 0 Å². The van der Waals surface area contributed by atoms with Gasteiger partial charge in [-0.05, 0) is 19.3 Å². The zero-order valence-electron chi connectivity index (χ0n) is 11.2. The smallest absolute Gasteiger partial charge is 0.223 e. The molecule has 1 unspecified atom stereocenters. The Morgan fingerprint density at radius 1 is 1.56 bits per heavy atom. The number of amides is 1. The van der Waals surface area contributed by atoms with Gasteiger partial charge in [0.25, 0.3) is 0 Å². The molecule has 0 bridgehead atoms. The predicted molar refractivity (Wildman–Crippen MR) is 70.5 cm³/mol. The SMILES string of the molecule is CCC(C)C(=O)NC1CCN(CC(N)=NO)CC1. The summed E-state index contributed by atoms with van der Waals surface area (Å²) < 4.78 is 0. The number of carbonyl (C=O) groups excluding carboxylic acids is 1. The molecule has 0 radical (unpaired) electrons. The van der Waals surface area contributed by atoms with Gasteiger partial charge in [0, 0.05) is 25.0 Å². The number of nitrogens with zero attached hydrogens (tertiary/aromatic N) is 2. The van der Waals surface area contributed by atoms with E-state index in [2.05, 4.69) is 15.4 Å². The number of piperidine rings is 1. The van der Waals surface area contributed by atoms with Crippen molar-refractivity contribution >= 4 is 11.7 Å². The summed E-state index contributed by atoms with van der Waals surface area (Å²) in [6.07, 6.45) is 2.70. The second-order valence-corrected chi connectivity index (χ2v) is 4.96. The lowest BCUT2D eigenvalue weighted by molar-refractivity contribution is -0.125. The van der Waals surface area contributed by atoms with Crippen molar-refractivity contribution in [2.24, 2.45) is 16.8 Å². The Balaban J connectivity index is 2.29. The molecule has 1 heterocycles. The van der Waals surface area contributed by atoms with Gasteiger partial charge in [0.05, 0.1) is 6.54 Å². The van der Waals surface area contributed by atoms with Gasteiger partial charge in [-0.3, -0.25) is 9.69 Å². The van der Waals surface area contributed by atoms with Crippen molar-refractivity contribution in [2.45, 2.75) is 39.2 Å². The summed E-state index contributed by atoms with van der Waals surface area (Å²) in [5.74, 6) is 0.463. The molecule has 1 aliphatic heterocycles. The van der Waals surface area contributed by atoms with Crippen molar-refractivity contribution in [2.75, 3.05) is 19.6 Å². The van der Waals surface area contributed by atoms with Gasteiger partial charge < -0.3 is 16.3 Å². The summed E-state index contributed by atoms with van der Waals surface area (Å²) in [4.78, 5) is 13.9. The van der Waals surface area contributed by atoms with Crippen molar-refractivity contribution < 1.29 is 10.0 Å². The van der Waals surface area contributed by atoms with Gasteiger partial charge >= 0.3 is 0 Å². The summed E-state index contributed by atoms with van der Waals surface area (Å²) in [6.45, 7) is 6.18. The average Bonchev–Trinajstić information content (AvgIpc) is 2.39. The summed E-state index contributed by atoms with van der Waals surface area (Å²) in [5, 5.41) is 14.6. The van der Waals surface area contributed by atoms with Crippen LogP contribution in [0.4, 0.5) is 0 Å². The van der Waals surface area contributed by atoms with Crippen LogP contribution >= 0.6 is 0 Å². The second kappa shape index (κ2) is 7.20. The molecule has 0 aromatic carbocycles. The predicted octanol–water partition coefficient (Wildman–Crippen LogP) is 0.360. The number of oxime groups is 1. The number of hydrogen-bond donors (Lipinski definition) is 3. The molecule has 18 heavy (non-hydrogen) atoms. The van der Waals surface area contributed by atoms with Gasteiger partial charge in [-0.25, -0.2) is 0 Å². The van der Waals surface area contributed by atoms with Gasteiger partial charge in [0.15, 0.2) is 5.84 Å². The number of nitrogens with one attached hydrogen (secondary N) is 1. The van der Waals surface area contributed by atoms with Crippen LogP contribution in [0.25, 0.3) is 0 Å². The van der Waals surface area contributed by atoms with Crippen LogP contribution in [-0.4, -0.2) is 47.5 Å². The minimum absolute atomic E-state index is 0.0835. The van der Waals surface area contributed by atoms with Gasteiger partial charge in [-0.2, -0.15) is 0 Å². The fourth-order valence-corrected chi connectivity index (χ4v) is 2.02. The van der Waals surface area contributed by atoms with E-state index in [1.165, 1.54) is 0 Å². The minimum Gasteiger partial charge on any atom is -0.409 e. The fourth-order valence-electron chi connectivity index (χ4n) is 2.02. The van der Waals surface area contributed by atoms with E-state index in [9.17, 15) is 4.79 Å². The summed E-state index contributed by atoms with van der Waals surface area (Å²) in [5.41, 5.74) is 5.47. The fraction of sp³-hybridized carbons (Fsp3) is 0.833. The molecule has 0 aliphatic carbocycles. The van der Waals surface area contributed by atoms with Crippen LogP contribution in [0, 0.1) is 5.92 Å². The number of likely N-dealkylation sites (tertiary alicyclic amines) is 1. The van der Waals surface area contributed by atoms with Gasteiger partial charge in [0.2, 0.25) is 5.91 Å². The Morgan fingerprint density at radius 2 is 2.17 bits per heavy atom. The van der Waals surface area contributed by atoms with Gasteiger partial charge in [-0.1, -0.05) is 19.0 Å². The highest BCUT2D eigenvalue weighted by Gasteiger charge is 2.22. The summed E-state index contributed by atoms with van der Waals surface area (Å²) >= 11 is 0. The molecule has 1 aliphatic rings. The normalized spacial score (nSPS) is 20.7. The van der Waals surface area contributed by atoms with Crippen molar-refractivity contribution in [1.82, 2.24) is 10.2 Å². The third-order valence-electron chi connectivity index (χ3n) is 3.51. The highest BCUT2D eigenvalue weighted by Crippen LogP contribution is 2.11. The summed E-state index contributed by atoms with van der Waals surface area (Å²) in [7, 11) is 0. The van der Waals surface area contributed by atoms with Crippen molar-refractivity contribution in [1.29, 1.82) is 0 Å². The molecule has 104 valence electrons. The van der Waals surface area contributed by atoms with Crippen LogP contribution in [0.3, 0.4) is 0 Å². The molecule has 0 saturated carbocycles. The Labute approximate surface area is 108 Å². The molecule has 0 spiro atoms. The average molecular weight is 256 g/mol. The lowest BCUT2D eigenvalue weighted by Gasteiger charge is -2.32. The van der Waals surface area contributed by atoms with E-state index >= 15 is 0 Å². The van der Waals surface area contributed by atoms with E-state index in [0.29, 0.717) is 6.54 Å². The Bertz CT molecular complexity index is 298. The highest BCUT2D eigenvalue weighted by atomic mass is 16.4. The highest BCUT2D eigenvalue weighted by molar-refractivity contribution is 5.81. The molecule has 0 aromatic rings. The van der Waals surface area contributed by atoms with Crippen molar-refractivity contribution in [3.05, 3.63) is 0 Å². The first-order chi connectivity index (χ1) is 8.56. The Morgan fingerprint density at radius 3 is 2.67 bits per heavy atom. The number of rotatable bonds is 5. The van der Waals surface area contributed by atoms with E-state index < -0.39 is 0 Å². The number of nitrogens with two attached hydrogens (primary N) is 1. The summed E-state index contributed by atoms with van der Waals surface area (Å²) in [6, 6.07) is 0.259. The lowest BCUT2D eigenvalue weighted by atomic mass is 10.0. The maximum absolute atomic E-state index is 11.8. The van der Waals surface area contributed by atoms with Crippen LogP contribution in [0.5, 0.6) is 0 Å². The monoisotopic (exact) mass is 256 g/mol. The van der Waals surface area contributed by atoms with Crippen LogP contribution in [0.15, 0.2) is 5.16 Å². The Hall–Kier alpha value is -1.30. The topological polar surface area (TPSA) is 91.0 Å². The first-order valence-corrected chi connectivity index (χ1v) is 6.56. The number of carbonyl (C=O) groups is 1. The molecule has 1 amide bonds. The van der Waals surface area contributed by atoms with E-state index in [1.54, 1.807) is 0 Å². The minimum atomic E-state index is 0.0835. The molecule has 1 fully saturated rings. The maximum atomic E-state index is 11.8. The molecular formula is C12H24N4O2. The van der Waals surface area contributed by atoms with Gasteiger partial charge in [-0.15, -0.1) is 0 Å². The third-order valence-corrected chi connectivity index (χ3v) is 3.51. The molecule has 1 rings (SSSR count). The second-order valence-electron chi connectivity index (χ2n) is 4.96. The standard InChI is InChI=1S/C12H24N4O2/c1-3-9(2)12(17)14-10-4-6-16(7-5-10)8-11(13)15-18/h9-10,18H,3-8H2,1-2H3,(H2,13,15)(H,14,17). The van der Waals surface area contributed by atoms with E-state index in [1.807, 2.05) is 13.8 Å². The quantitative estimate of drug-likeness (QED) is 0.287. The lowest BCUT2D eigenvalue weighted by Crippen LogP contribution is -2.47. The van der Waals surface area contributed by atoms with E-state index in [-0.39, 0.29) is 23.7 Å².